The molecule has 0 spiro atoms. The van der Waals surface area contributed by atoms with Crippen LogP contribution in [0.3, 0.4) is 0 Å². The van der Waals surface area contributed by atoms with E-state index in [1.54, 1.807) is 12.2 Å². The van der Waals surface area contributed by atoms with Gasteiger partial charge >= 0.3 is 6.09 Å². The van der Waals surface area contributed by atoms with E-state index >= 15 is 0 Å². The van der Waals surface area contributed by atoms with Crippen LogP contribution in [0.4, 0.5) is 4.79 Å². The van der Waals surface area contributed by atoms with E-state index in [9.17, 15) is 4.79 Å². The predicted octanol–water partition coefficient (Wildman–Crippen LogP) is 2.12. The second kappa shape index (κ2) is 6.02. The molecule has 3 atom stereocenters. The second-order valence-electron chi connectivity index (χ2n) is 4.57. The maximum Gasteiger partial charge on any atom is 0.405 e. The molecule has 0 aliphatic carbocycles. The molecular weight excluding hydrogens is 234 g/mol. The van der Waals surface area contributed by atoms with Crippen molar-refractivity contribution in [2.45, 2.75) is 51.3 Å². The van der Waals surface area contributed by atoms with Gasteiger partial charge in [0.1, 0.15) is 18.3 Å². The third kappa shape index (κ3) is 4.16. The SMILES string of the molecule is C=C[C@@H]1OC(C)(C)O[C@H]1C=C[C@H](CC)OC(N)=O. The first-order chi connectivity index (χ1) is 8.38. The van der Waals surface area contributed by atoms with Crippen LogP contribution in [0.5, 0.6) is 0 Å². The van der Waals surface area contributed by atoms with Gasteiger partial charge in [-0.15, -0.1) is 6.58 Å². The highest BCUT2D eigenvalue weighted by atomic mass is 16.7. The smallest absolute Gasteiger partial charge is 0.405 e. The van der Waals surface area contributed by atoms with E-state index in [0.717, 1.165) is 0 Å². The first-order valence-corrected chi connectivity index (χ1v) is 6.00. The fourth-order valence-electron chi connectivity index (χ4n) is 1.79. The summed E-state index contributed by atoms with van der Waals surface area (Å²) in [5.74, 6) is -0.639. The van der Waals surface area contributed by atoms with Gasteiger partial charge in [-0.1, -0.05) is 19.1 Å². The van der Waals surface area contributed by atoms with E-state index in [2.05, 4.69) is 6.58 Å². The molecule has 5 heteroatoms. The number of carbonyl (C=O) groups excluding carboxylic acids is 1. The third-order valence-electron chi connectivity index (χ3n) is 2.58. The molecule has 0 bridgehead atoms. The zero-order valence-electron chi connectivity index (χ0n) is 11.1. The van der Waals surface area contributed by atoms with E-state index in [-0.39, 0.29) is 18.3 Å². The van der Waals surface area contributed by atoms with E-state index in [4.69, 9.17) is 19.9 Å². The molecule has 0 aromatic rings. The zero-order valence-corrected chi connectivity index (χ0v) is 11.1. The van der Waals surface area contributed by atoms with Gasteiger partial charge in [0.2, 0.25) is 0 Å². The summed E-state index contributed by atoms with van der Waals surface area (Å²) >= 11 is 0. The van der Waals surface area contributed by atoms with Crippen LogP contribution in [0, 0.1) is 0 Å². The van der Waals surface area contributed by atoms with Crippen LogP contribution in [-0.4, -0.2) is 30.2 Å². The van der Waals surface area contributed by atoms with Crippen LogP contribution in [0.25, 0.3) is 0 Å². The number of hydrogen-bond acceptors (Lipinski definition) is 4. The average molecular weight is 255 g/mol. The Morgan fingerprint density at radius 2 is 2.11 bits per heavy atom. The van der Waals surface area contributed by atoms with Gasteiger partial charge in [-0.2, -0.15) is 0 Å². The maximum atomic E-state index is 10.7. The Labute approximate surface area is 108 Å². The number of nitrogens with two attached hydrogens (primary N) is 1. The lowest BCUT2D eigenvalue weighted by molar-refractivity contribution is -0.139. The van der Waals surface area contributed by atoms with Gasteiger partial charge in [-0.25, -0.2) is 4.79 Å². The lowest BCUT2D eigenvalue weighted by atomic mass is 10.1. The van der Waals surface area contributed by atoms with E-state index in [1.807, 2.05) is 26.8 Å². The molecule has 0 unspecified atom stereocenters. The minimum Gasteiger partial charge on any atom is -0.442 e. The van der Waals surface area contributed by atoms with Crippen LogP contribution in [-0.2, 0) is 14.2 Å². The van der Waals surface area contributed by atoms with Crippen molar-refractivity contribution in [1.29, 1.82) is 0 Å². The Balaban J connectivity index is 2.64. The summed E-state index contributed by atoms with van der Waals surface area (Å²) in [7, 11) is 0. The summed E-state index contributed by atoms with van der Waals surface area (Å²) in [4.78, 5) is 10.7. The number of hydrogen-bond donors (Lipinski definition) is 1. The molecule has 0 radical (unpaired) electrons. The summed E-state index contributed by atoms with van der Waals surface area (Å²) in [5, 5.41) is 0. The van der Waals surface area contributed by atoms with E-state index < -0.39 is 11.9 Å². The van der Waals surface area contributed by atoms with E-state index in [0.29, 0.717) is 6.42 Å². The Morgan fingerprint density at radius 3 is 2.61 bits per heavy atom. The summed E-state index contributed by atoms with van der Waals surface area (Å²) in [6.45, 7) is 9.30. The fraction of sp³-hybridized carbons (Fsp3) is 0.615. The lowest BCUT2D eigenvalue weighted by Crippen LogP contribution is -2.22. The van der Waals surface area contributed by atoms with Gasteiger partial charge in [0, 0.05) is 0 Å². The summed E-state index contributed by atoms with van der Waals surface area (Å²) in [6.07, 6.45) is 4.35. The van der Waals surface area contributed by atoms with Crippen molar-refractivity contribution in [3.05, 3.63) is 24.8 Å². The summed E-state index contributed by atoms with van der Waals surface area (Å²) < 4.78 is 16.2. The van der Waals surface area contributed by atoms with Gasteiger partial charge in [-0.3, -0.25) is 0 Å². The molecular formula is C13H21NO4. The molecule has 102 valence electrons. The van der Waals surface area contributed by atoms with E-state index in [1.165, 1.54) is 0 Å². The highest BCUT2D eigenvalue weighted by molar-refractivity contribution is 5.65. The maximum absolute atomic E-state index is 10.7. The van der Waals surface area contributed by atoms with Crippen LogP contribution >= 0.6 is 0 Å². The molecule has 1 fully saturated rings. The van der Waals surface area contributed by atoms with Crippen LogP contribution in [0.2, 0.25) is 0 Å². The van der Waals surface area contributed by atoms with Gasteiger partial charge in [0.25, 0.3) is 0 Å². The summed E-state index contributed by atoms with van der Waals surface area (Å²) in [6, 6.07) is 0. The Kier molecular flexibility index (Phi) is 4.93. The molecule has 0 saturated carbocycles. The molecule has 2 N–H and O–H groups in total. The number of primary amides is 1. The monoisotopic (exact) mass is 255 g/mol. The van der Waals surface area contributed by atoms with Gasteiger partial charge in [-0.05, 0) is 26.3 Å². The van der Waals surface area contributed by atoms with Crippen molar-refractivity contribution < 1.29 is 19.0 Å². The normalized spacial score (nSPS) is 28.2. The topological polar surface area (TPSA) is 70.8 Å². The Morgan fingerprint density at radius 1 is 1.50 bits per heavy atom. The molecule has 1 aliphatic heterocycles. The van der Waals surface area contributed by atoms with Crippen LogP contribution in [0.1, 0.15) is 27.2 Å². The molecule has 0 aromatic heterocycles. The molecule has 1 amide bonds. The predicted molar refractivity (Wildman–Crippen MR) is 67.9 cm³/mol. The quantitative estimate of drug-likeness (QED) is 0.764. The average Bonchev–Trinajstić information content (AvgIpc) is 2.58. The van der Waals surface area contributed by atoms with Crippen molar-refractivity contribution in [2.75, 3.05) is 0 Å². The zero-order chi connectivity index (χ0) is 13.8. The Hall–Kier alpha value is -1.33. The Bertz CT molecular complexity index is 338. The van der Waals surface area contributed by atoms with Crippen molar-refractivity contribution in [3.63, 3.8) is 0 Å². The largest absolute Gasteiger partial charge is 0.442 e. The molecule has 1 heterocycles. The standard InChI is InChI=1S/C13H21NO4/c1-5-9(16-12(14)15)7-8-11-10(6-2)17-13(3,4)18-11/h6-11H,2,5H2,1,3-4H3,(H2,14,15)/t9-,10-,11-/m0/s1. The lowest BCUT2D eigenvalue weighted by Gasteiger charge is -2.16. The molecule has 18 heavy (non-hydrogen) atoms. The number of rotatable bonds is 5. The molecule has 1 rings (SSSR count). The minimum atomic E-state index is -0.782. The van der Waals surface area contributed by atoms with Crippen LogP contribution < -0.4 is 5.73 Å². The summed E-state index contributed by atoms with van der Waals surface area (Å²) in [5.41, 5.74) is 4.98. The molecule has 1 aliphatic rings. The first kappa shape index (κ1) is 14.7. The van der Waals surface area contributed by atoms with Crippen molar-refractivity contribution in [1.82, 2.24) is 0 Å². The fourth-order valence-corrected chi connectivity index (χ4v) is 1.79. The molecule has 1 saturated heterocycles. The van der Waals surface area contributed by atoms with Crippen molar-refractivity contribution in [2.24, 2.45) is 5.73 Å². The second-order valence-corrected chi connectivity index (χ2v) is 4.57. The first-order valence-electron chi connectivity index (χ1n) is 6.00. The van der Waals surface area contributed by atoms with Crippen molar-refractivity contribution in [3.8, 4) is 0 Å². The van der Waals surface area contributed by atoms with Crippen LogP contribution in [0.15, 0.2) is 24.8 Å². The van der Waals surface area contributed by atoms with Gasteiger partial charge in [0.15, 0.2) is 5.79 Å². The molecule has 0 aromatic carbocycles. The third-order valence-corrected chi connectivity index (χ3v) is 2.58. The number of carbonyl (C=O) groups is 1. The highest BCUT2D eigenvalue weighted by Gasteiger charge is 2.38. The highest BCUT2D eigenvalue weighted by Crippen LogP contribution is 2.29. The van der Waals surface area contributed by atoms with Gasteiger partial charge < -0.3 is 19.9 Å². The number of amides is 1. The van der Waals surface area contributed by atoms with Crippen molar-refractivity contribution >= 4 is 6.09 Å². The van der Waals surface area contributed by atoms with Gasteiger partial charge in [0.05, 0.1) is 0 Å². The minimum absolute atomic E-state index is 0.206. The molecule has 5 nitrogen and oxygen atoms in total. The number of ether oxygens (including phenoxy) is 3.